The molecule has 35 heavy (non-hydrogen) atoms. The zero-order chi connectivity index (χ0) is 24.8. The van der Waals surface area contributed by atoms with Gasteiger partial charge >= 0.3 is 6.15 Å². The van der Waals surface area contributed by atoms with Gasteiger partial charge in [-0.2, -0.15) is 9.59 Å². The van der Waals surface area contributed by atoms with Crippen LogP contribution in [0.4, 0.5) is 5.00 Å². The van der Waals surface area contributed by atoms with Crippen LogP contribution in [-0.2, 0) is 57.8 Å². The summed E-state index contributed by atoms with van der Waals surface area (Å²) in [5.41, 5.74) is 5.25. The zero-order valence-electron chi connectivity index (χ0n) is 19.8. The summed E-state index contributed by atoms with van der Waals surface area (Å²) >= 11 is 3.47. The van der Waals surface area contributed by atoms with Crippen LogP contribution in [0.3, 0.4) is 0 Å². The fraction of sp³-hybridized carbons (Fsp3) is 0.423. The number of hydrogen-bond donors (Lipinski definition) is 2. The van der Waals surface area contributed by atoms with E-state index in [4.69, 9.17) is 9.59 Å². The summed E-state index contributed by atoms with van der Waals surface area (Å²) in [5.74, 6) is -0.794. The van der Waals surface area contributed by atoms with E-state index in [1.54, 1.807) is 22.7 Å². The number of hydrogen-bond acceptors (Lipinski definition) is 7. The largest absolute Gasteiger partial charge is 0.373 e. The van der Waals surface area contributed by atoms with Crippen LogP contribution in [0, 0.1) is 0 Å². The molecule has 1 amide bonds. The van der Waals surface area contributed by atoms with Crippen molar-refractivity contribution in [3.8, 4) is 5.00 Å². The fourth-order valence-electron chi connectivity index (χ4n) is 4.95. The molecule has 0 saturated heterocycles. The second-order valence-corrected chi connectivity index (χ2v) is 10.8. The number of aromatic nitrogens is 1. The Morgan fingerprint density at radius 1 is 1.03 bits per heavy atom. The van der Waals surface area contributed by atoms with E-state index >= 15 is 0 Å². The number of rotatable bonds is 7. The SMILES string of the molecule is CCc1c(NC(=O)C(=O)CCc2c(-n3cccc3)sc3c2CCNC3)sc2c1CCCC2.O=C=O. The fourth-order valence-corrected chi connectivity index (χ4v) is 7.66. The van der Waals surface area contributed by atoms with E-state index in [9.17, 15) is 9.59 Å². The van der Waals surface area contributed by atoms with Gasteiger partial charge < -0.3 is 15.2 Å². The third kappa shape index (κ3) is 5.54. The number of carbonyl (C=O) groups excluding carboxylic acids is 4. The maximum absolute atomic E-state index is 12.8. The van der Waals surface area contributed by atoms with Gasteiger partial charge in [0.15, 0.2) is 0 Å². The van der Waals surface area contributed by atoms with Crippen LogP contribution in [-0.4, -0.2) is 29.0 Å². The highest BCUT2D eigenvalue weighted by Gasteiger charge is 2.25. The number of amides is 1. The van der Waals surface area contributed by atoms with Gasteiger partial charge in [-0.3, -0.25) is 9.59 Å². The monoisotopic (exact) mass is 511 g/mol. The third-order valence-electron chi connectivity index (χ3n) is 6.57. The summed E-state index contributed by atoms with van der Waals surface area (Å²) in [6.45, 7) is 3.97. The molecule has 3 aromatic heterocycles. The van der Waals surface area contributed by atoms with Crippen molar-refractivity contribution in [1.29, 1.82) is 0 Å². The molecule has 0 atom stereocenters. The first-order valence-electron chi connectivity index (χ1n) is 12.0. The second-order valence-electron chi connectivity index (χ2n) is 8.64. The number of anilines is 1. The van der Waals surface area contributed by atoms with Gasteiger partial charge in [-0.1, -0.05) is 6.92 Å². The minimum atomic E-state index is -0.466. The number of aryl methyl sites for hydroxylation is 1. The molecular weight excluding hydrogens is 482 g/mol. The first-order chi connectivity index (χ1) is 17.1. The van der Waals surface area contributed by atoms with E-state index < -0.39 is 5.91 Å². The van der Waals surface area contributed by atoms with Crippen LogP contribution in [0.15, 0.2) is 24.5 Å². The molecule has 0 saturated carbocycles. The van der Waals surface area contributed by atoms with Crippen LogP contribution in [0.1, 0.15) is 58.2 Å². The van der Waals surface area contributed by atoms with Crippen molar-refractivity contribution in [1.82, 2.24) is 9.88 Å². The van der Waals surface area contributed by atoms with Gasteiger partial charge in [0.05, 0.1) is 5.00 Å². The van der Waals surface area contributed by atoms with Crippen molar-refractivity contribution in [2.75, 3.05) is 11.9 Å². The van der Waals surface area contributed by atoms with Gasteiger partial charge in [0, 0.05) is 35.1 Å². The van der Waals surface area contributed by atoms with E-state index in [-0.39, 0.29) is 18.4 Å². The number of nitrogens with zero attached hydrogens (tertiary/aromatic N) is 1. The highest BCUT2D eigenvalue weighted by Crippen LogP contribution is 2.38. The molecular formula is C26H29N3O4S2. The number of thiophene rings is 2. The topological polar surface area (TPSA) is 97.3 Å². The van der Waals surface area contributed by atoms with Crippen LogP contribution >= 0.6 is 22.7 Å². The summed E-state index contributed by atoms with van der Waals surface area (Å²) in [4.78, 5) is 44.6. The predicted octanol–water partition coefficient (Wildman–Crippen LogP) is 4.24. The molecule has 0 spiro atoms. The Morgan fingerprint density at radius 3 is 2.49 bits per heavy atom. The average molecular weight is 512 g/mol. The van der Waals surface area contributed by atoms with E-state index in [2.05, 4.69) is 22.1 Å². The maximum atomic E-state index is 12.8. The quantitative estimate of drug-likeness (QED) is 0.463. The van der Waals surface area contributed by atoms with Crippen molar-refractivity contribution in [3.63, 3.8) is 0 Å². The lowest BCUT2D eigenvalue weighted by molar-refractivity contribution is -0.191. The minimum absolute atomic E-state index is 0.239. The van der Waals surface area contributed by atoms with Gasteiger partial charge in [-0.25, -0.2) is 0 Å². The van der Waals surface area contributed by atoms with E-state index in [0.29, 0.717) is 6.42 Å². The van der Waals surface area contributed by atoms with Crippen molar-refractivity contribution >= 4 is 45.5 Å². The number of fused-ring (bicyclic) bond motifs is 2. The Hall–Kier alpha value is -2.84. The van der Waals surface area contributed by atoms with Gasteiger partial charge in [0.2, 0.25) is 5.78 Å². The summed E-state index contributed by atoms with van der Waals surface area (Å²) in [6, 6.07) is 4.04. The van der Waals surface area contributed by atoms with Crippen molar-refractivity contribution < 1.29 is 19.2 Å². The summed E-state index contributed by atoms with van der Waals surface area (Å²) < 4.78 is 2.13. The lowest BCUT2D eigenvalue weighted by Gasteiger charge is -2.14. The number of Topliss-reactive ketones (excluding diaryl/α,β-unsaturated/α-hetero) is 1. The van der Waals surface area contributed by atoms with Crippen molar-refractivity contribution in [2.45, 2.75) is 64.8 Å². The number of carbonyl (C=O) groups is 2. The molecule has 4 heterocycles. The normalized spacial score (nSPS) is 14.2. The number of ketones is 1. The molecule has 0 aromatic carbocycles. The van der Waals surface area contributed by atoms with Gasteiger partial charge in [0.1, 0.15) is 5.00 Å². The first kappa shape index (κ1) is 25.3. The molecule has 1 aliphatic carbocycles. The molecule has 2 aliphatic rings. The minimum Gasteiger partial charge on any atom is -0.315 e. The Labute approximate surface area is 212 Å². The Kier molecular flexibility index (Phi) is 8.46. The molecule has 0 radical (unpaired) electrons. The summed E-state index contributed by atoms with van der Waals surface area (Å²) in [5, 5.41) is 8.48. The molecule has 0 fully saturated rings. The second kappa shape index (κ2) is 11.7. The third-order valence-corrected chi connectivity index (χ3v) is 9.11. The summed E-state index contributed by atoms with van der Waals surface area (Å²) in [7, 11) is 0. The highest BCUT2D eigenvalue weighted by molar-refractivity contribution is 7.16. The summed E-state index contributed by atoms with van der Waals surface area (Å²) in [6.07, 6.45) is 11.7. The first-order valence-corrected chi connectivity index (χ1v) is 13.6. The highest BCUT2D eigenvalue weighted by atomic mass is 32.1. The van der Waals surface area contributed by atoms with E-state index in [0.717, 1.165) is 43.8 Å². The maximum Gasteiger partial charge on any atom is 0.373 e. The molecule has 184 valence electrons. The van der Waals surface area contributed by atoms with Gasteiger partial charge in [-0.05, 0) is 85.9 Å². The van der Waals surface area contributed by atoms with Crippen LogP contribution < -0.4 is 10.6 Å². The standard InChI is InChI=1S/C25H29N3O2S2.CO2/c1-2-16-17-7-3-4-8-21(17)31-24(16)27-23(30)20(29)10-9-19-18-11-12-26-15-22(18)32-25(19)28-13-5-6-14-28;2-1-3/h5-6,13-14,26H,2-4,7-12,15H2,1H3,(H,27,30);. The molecule has 1 aliphatic heterocycles. The van der Waals surface area contributed by atoms with E-state index in [1.807, 2.05) is 24.5 Å². The predicted molar refractivity (Wildman–Crippen MR) is 136 cm³/mol. The molecule has 0 unspecified atom stereocenters. The van der Waals surface area contributed by atoms with Crippen LogP contribution in [0.5, 0.6) is 0 Å². The van der Waals surface area contributed by atoms with Crippen LogP contribution in [0.25, 0.3) is 5.00 Å². The lowest BCUT2D eigenvalue weighted by atomic mass is 9.94. The number of nitrogens with one attached hydrogen (secondary N) is 2. The lowest BCUT2D eigenvalue weighted by Crippen LogP contribution is -2.24. The molecule has 3 aromatic rings. The van der Waals surface area contributed by atoms with Gasteiger partial charge in [-0.15, -0.1) is 22.7 Å². The van der Waals surface area contributed by atoms with Crippen molar-refractivity contribution in [3.05, 3.63) is 56.5 Å². The average Bonchev–Trinajstić information content (AvgIpc) is 3.59. The molecule has 7 nitrogen and oxygen atoms in total. The smallest absolute Gasteiger partial charge is 0.315 e. The molecule has 0 bridgehead atoms. The van der Waals surface area contributed by atoms with Gasteiger partial charge in [0.25, 0.3) is 5.91 Å². The zero-order valence-corrected chi connectivity index (χ0v) is 21.4. The Bertz CT molecular complexity index is 1230. The Balaban J connectivity index is 0.000000917. The molecule has 5 rings (SSSR count). The van der Waals surface area contributed by atoms with Crippen molar-refractivity contribution in [2.24, 2.45) is 0 Å². The molecule has 2 N–H and O–H groups in total. The van der Waals surface area contributed by atoms with E-state index in [1.165, 1.54) is 49.9 Å². The Morgan fingerprint density at radius 2 is 1.74 bits per heavy atom. The molecule has 9 heteroatoms. The van der Waals surface area contributed by atoms with Crippen LogP contribution in [0.2, 0.25) is 0 Å².